The van der Waals surface area contributed by atoms with Gasteiger partial charge in [-0.15, -0.1) is 0 Å². The van der Waals surface area contributed by atoms with Crippen molar-refractivity contribution in [1.29, 1.82) is 0 Å². The third-order valence-corrected chi connectivity index (χ3v) is 10.5. The first-order valence-electron chi connectivity index (χ1n) is 23.1. The lowest BCUT2D eigenvalue weighted by atomic mass is 10.0. The Morgan fingerprint density at radius 1 is 0.607 bits per heavy atom. The van der Waals surface area contributed by atoms with Crippen LogP contribution in [-0.2, 0) is 37.5 Å². The highest BCUT2D eigenvalue weighted by atomic mass is 31.2. The topological polar surface area (TPSA) is 192 Å². The zero-order valence-electron chi connectivity index (χ0n) is 37.6. The Morgan fingerprint density at radius 2 is 1.11 bits per heavy atom. The lowest BCUT2D eigenvalue weighted by Crippen LogP contribution is -2.34. The molecular formula is C48H82NO11P. The molecule has 0 aliphatic rings. The number of rotatable bonds is 42. The van der Waals surface area contributed by atoms with E-state index in [1.165, 1.54) is 83.5 Å². The second-order valence-electron chi connectivity index (χ2n) is 15.4. The molecule has 0 spiro atoms. The van der Waals surface area contributed by atoms with Crippen LogP contribution < -0.4 is 5.73 Å². The average Bonchev–Trinajstić information content (AvgIpc) is 3.23. The minimum Gasteiger partial charge on any atom is -0.480 e. The first kappa shape index (κ1) is 57.9. The summed E-state index contributed by atoms with van der Waals surface area (Å²) in [6, 6.07) is -1.54. The number of phosphoric ester groups is 1. The van der Waals surface area contributed by atoms with E-state index in [9.17, 15) is 28.9 Å². The van der Waals surface area contributed by atoms with Gasteiger partial charge in [-0.2, -0.15) is 0 Å². The third kappa shape index (κ3) is 42.0. The van der Waals surface area contributed by atoms with Crippen molar-refractivity contribution in [3.63, 3.8) is 0 Å². The van der Waals surface area contributed by atoms with E-state index in [0.717, 1.165) is 38.5 Å². The number of carboxylic acid groups (broad SMARTS) is 1. The van der Waals surface area contributed by atoms with Crippen molar-refractivity contribution in [1.82, 2.24) is 0 Å². The molecule has 0 radical (unpaired) electrons. The lowest BCUT2D eigenvalue weighted by molar-refractivity contribution is -0.161. The molecule has 0 aliphatic carbocycles. The maximum atomic E-state index is 12.6. The van der Waals surface area contributed by atoms with Gasteiger partial charge in [0.15, 0.2) is 6.10 Å². The number of carbonyl (C=O) groups excluding carboxylic acids is 2. The molecule has 0 amide bonds. The van der Waals surface area contributed by atoms with Crippen molar-refractivity contribution in [2.75, 3.05) is 19.8 Å². The molecule has 12 nitrogen and oxygen atoms in total. The molecule has 0 saturated heterocycles. The van der Waals surface area contributed by atoms with Crippen molar-refractivity contribution in [2.24, 2.45) is 5.73 Å². The number of esters is 2. The third-order valence-electron chi connectivity index (χ3n) is 9.56. The molecular weight excluding hydrogens is 797 g/mol. The molecule has 0 aromatic rings. The number of allylic oxidation sites excluding steroid dienone is 10. The molecule has 4 atom stereocenters. The van der Waals surface area contributed by atoms with E-state index in [1.807, 2.05) is 48.6 Å². The number of phosphoric acid groups is 1. The number of hydrogen-bond donors (Lipinski definition) is 4. The van der Waals surface area contributed by atoms with Crippen molar-refractivity contribution >= 4 is 25.7 Å². The summed E-state index contributed by atoms with van der Waals surface area (Å²) in [5, 5.41) is 18.7. The van der Waals surface area contributed by atoms with E-state index in [-0.39, 0.29) is 12.8 Å². The summed E-state index contributed by atoms with van der Waals surface area (Å²) in [4.78, 5) is 46.0. The highest BCUT2D eigenvalue weighted by Crippen LogP contribution is 2.43. The minimum atomic E-state index is -4.75. The molecule has 0 fully saturated rings. The molecule has 2 unspecified atom stereocenters. The Bertz CT molecular complexity index is 1330. The molecule has 5 N–H and O–H groups in total. The summed E-state index contributed by atoms with van der Waals surface area (Å²) in [7, 11) is -4.75. The van der Waals surface area contributed by atoms with Gasteiger partial charge in [-0.3, -0.25) is 23.4 Å². The van der Waals surface area contributed by atoms with Crippen LogP contribution in [0.5, 0.6) is 0 Å². The van der Waals surface area contributed by atoms with Crippen molar-refractivity contribution in [3.8, 4) is 0 Å². The Balaban J connectivity index is 4.47. The summed E-state index contributed by atoms with van der Waals surface area (Å²) < 4.78 is 32.6. The van der Waals surface area contributed by atoms with Gasteiger partial charge >= 0.3 is 25.7 Å². The van der Waals surface area contributed by atoms with E-state index >= 15 is 0 Å². The Hall–Kier alpha value is -3.12. The fourth-order valence-corrected chi connectivity index (χ4v) is 6.72. The molecule has 0 rings (SSSR count). The van der Waals surface area contributed by atoms with Crippen LogP contribution in [0.3, 0.4) is 0 Å². The van der Waals surface area contributed by atoms with Crippen LogP contribution in [0.25, 0.3) is 0 Å². The fraction of sp³-hybridized carbons (Fsp3) is 0.688. The van der Waals surface area contributed by atoms with Gasteiger partial charge in [-0.25, -0.2) is 4.57 Å². The second kappa shape index (κ2) is 42.2. The van der Waals surface area contributed by atoms with E-state index < -0.39 is 63.8 Å². The van der Waals surface area contributed by atoms with Gasteiger partial charge in [0.05, 0.1) is 19.3 Å². The smallest absolute Gasteiger partial charge is 0.472 e. The van der Waals surface area contributed by atoms with Crippen LogP contribution in [0.1, 0.15) is 174 Å². The summed E-state index contributed by atoms with van der Waals surface area (Å²) in [5.74, 6) is -2.51. The molecule has 0 aliphatic heterocycles. The maximum Gasteiger partial charge on any atom is 0.472 e. The number of aliphatic hydroxyl groups is 1. The number of carboxylic acids is 1. The summed E-state index contributed by atoms with van der Waals surface area (Å²) in [5.41, 5.74) is 5.33. The van der Waals surface area contributed by atoms with Crippen molar-refractivity contribution in [2.45, 2.75) is 193 Å². The number of ether oxygens (including phenoxy) is 2. The summed E-state index contributed by atoms with van der Waals surface area (Å²) >= 11 is 0. The number of carbonyl (C=O) groups is 3. The first-order chi connectivity index (χ1) is 29.5. The summed E-state index contributed by atoms with van der Waals surface area (Å²) in [6.07, 6.45) is 47.4. The average molecular weight is 880 g/mol. The fourth-order valence-electron chi connectivity index (χ4n) is 5.94. The van der Waals surface area contributed by atoms with Gasteiger partial charge in [0.1, 0.15) is 12.6 Å². The normalized spacial score (nSPS) is 14.8. The number of aliphatic hydroxyl groups excluding tert-OH is 1. The molecule has 0 aromatic carbocycles. The zero-order valence-corrected chi connectivity index (χ0v) is 38.5. The van der Waals surface area contributed by atoms with Crippen LogP contribution in [0.2, 0.25) is 0 Å². The molecule has 0 aromatic heterocycles. The van der Waals surface area contributed by atoms with E-state index in [4.69, 9.17) is 24.8 Å². The van der Waals surface area contributed by atoms with E-state index in [1.54, 1.807) is 6.08 Å². The Labute approximate surface area is 368 Å². The van der Waals surface area contributed by atoms with E-state index in [0.29, 0.717) is 25.7 Å². The zero-order chi connectivity index (χ0) is 45.1. The molecule has 0 heterocycles. The van der Waals surface area contributed by atoms with Gasteiger partial charge in [-0.1, -0.05) is 189 Å². The quantitative estimate of drug-likeness (QED) is 0.0149. The van der Waals surface area contributed by atoms with E-state index in [2.05, 4.69) is 36.6 Å². The largest absolute Gasteiger partial charge is 0.480 e. The number of hydrogen-bond acceptors (Lipinski definition) is 10. The van der Waals surface area contributed by atoms with Crippen molar-refractivity contribution < 1.29 is 52.6 Å². The van der Waals surface area contributed by atoms with Crippen LogP contribution >= 0.6 is 7.82 Å². The SMILES string of the molecule is CC/C=C\CC(O)/C=C/C=C/C/C=C\C/C=C\C/C=C\CCC(=O)OC[C@H](COP(=O)(O)OC[C@H](N)C(=O)O)OC(=O)CCCCCCCCCCCCCCCCCCC. The van der Waals surface area contributed by atoms with Gasteiger partial charge in [0.25, 0.3) is 0 Å². The summed E-state index contributed by atoms with van der Waals surface area (Å²) in [6.45, 7) is 2.52. The minimum absolute atomic E-state index is 0.0793. The van der Waals surface area contributed by atoms with Gasteiger partial charge in [0, 0.05) is 12.8 Å². The van der Waals surface area contributed by atoms with Gasteiger partial charge in [0.2, 0.25) is 0 Å². The molecule has 13 heteroatoms. The molecule has 0 saturated carbocycles. The highest BCUT2D eigenvalue weighted by Gasteiger charge is 2.28. The van der Waals surface area contributed by atoms with Crippen LogP contribution in [0.4, 0.5) is 0 Å². The number of nitrogens with two attached hydrogens (primary N) is 1. The van der Waals surface area contributed by atoms with Crippen LogP contribution in [0.15, 0.2) is 72.9 Å². The second-order valence-corrected chi connectivity index (χ2v) is 16.8. The van der Waals surface area contributed by atoms with Gasteiger partial charge < -0.3 is 30.3 Å². The molecule has 350 valence electrons. The Morgan fingerprint density at radius 3 is 1.66 bits per heavy atom. The highest BCUT2D eigenvalue weighted by molar-refractivity contribution is 7.47. The van der Waals surface area contributed by atoms with Crippen molar-refractivity contribution in [3.05, 3.63) is 72.9 Å². The number of unbranched alkanes of at least 4 members (excludes halogenated alkanes) is 16. The molecule has 0 bridgehead atoms. The standard InChI is InChI=1S/C48H82NO11P/c1-3-5-7-8-9-10-11-12-13-14-15-18-22-25-28-31-35-39-47(52)60-44(41-58-61(55,56)59-42-45(49)48(53)54)40-57-46(51)38-34-30-27-24-21-19-16-17-20-23-26-29-33-37-43(50)36-32-6-4-2/h6,17,19-21,26-27,29-30,32-33,37,43-45,50H,3-5,7-16,18,22-25,28,31,34-36,38-42,49H2,1-2H3,(H,53,54)(H,55,56)/b20-17-,21-19-,29-26+,30-27-,32-6-,37-33+/t43?,44-,45+/m1/s1. The molecule has 61 heavy (non-hydrogen) atoms. The predicted octanol–water partition coefficient (Wildman–Crippen LogP) is 11.5. The van der Waals surface area contributed by atoms with Gasteiger partial charge in [-0.05, 0) is 44.9 Å². The Kier molecular flexibility index (Phi) is 40.0. The lowest BCUT2D eigenvalue weighted by Gasteiger charge is -2.20. The maximum absolute atomic E-state index is 12.6. The number of aliphatic carboxylic acids is 1. The van der Waals surface area contributed by atoms with Crippen LogP contribution in [-0.4, -0.2) is 71.1 Å². The first-order valence-corrected chi connectivity index (χ1v) is 24.6. The predicted molar refractivity (Wildman–Crippen MR) is 246 cm³/mol. The van der Waals surface area contributed by atoms with Crippen LogP contribution in [0, 0.1) is 0 Å². The monoisotopic (exact) mass is 880 g/mol.